The van der Waals surface area contributed by atoms with Crippen molar-refractivity contribution in [1.29, 1.82) is 0 Å². The second-order valence-electron chi connectivity index (χ2n) is 5.01. The smallest absolute Gasteiger partial charge is 0.344 e. The highest BCUT2D eigenvalue weighted by Crippen LogP contribution is 2.34. The second-order valence-corrected chi connectivity index (χ2v) is 5.01. The summed E-state index contributed by atoms with van der Waals surface area (Å²) in [5, 5.41) is 10.9. The minimum absolute atomic E-state index is 0.123. The standard InChI is InChI=1S/C18H14O5/c1-22-17(20)14(11-7-3-2-4-8-11)15-16(19)12-9-5-6-10-13(12)23-18(15)21/h2-10,14,19H,1H3. The van der Waals surface area contributed by atoms with Crippen molar-refractivity contribution in [3.8, 4) is 5.75 Å². The maximum Gasteiger partial charge on any atom is 0.344 e. The Morgan fingerprint density at radius 1 is 1.09 bits per heavy atom. The molecule has 1 unspecified atom stereocenters. The molecule has 0 saturated heterocycles. The summed E-state index contributed by atoms with van der Waals surface area (Å²) in [5.41, 5.74) is -0.0881. The van der Waals surface area contributed by atoms with Gasteiger partial charge in [0.2, 0.25) is 0 Å². The van der Waals surface area contributed by atoms with Crippen LogP contribution in [0.2, 0.25) is 0 Å². The summed E-state index contributed by atoms with van der Waals surface area (Å²) in [6.07, 6.45) is 0. The van der Waals surface area contributed by atoms with Gasteiger partial charge in [0, 0.05) is 0 Å². The molecule has 0 spiro atoms. The average Bonchev–Trinajstić information content (AvgIpc) is 2.58. The van der Waals surface area contributed by atoms with Crippen LogP contribution in [-0.2, 0) is 9.53 Å². The molecule has 116 valence electrons. The molecule has 0 aliphatic rings. The molecule has 3 aromatic rings. The fourth-order valence-electron chi connectivity index (χ4n) is 2.59. The highest BCUT2D eigenvalue weighted by atomic mass is 16.5. The van der Waals surface area contributed by atoms with Crippen molar-refractivity contribution in [2.45, 2.75) is 5.92 Å². The van der Waals surface area contributed by atoms with Crippen LogP contribution in [0, 0.1) is 0 Å². The summed E-state index contributed by atoms with van der Waals surface area (Å²) in [7, 11) is 1.23. The molecule has 1 heterocycles. The van der Waals surface area contributed by atoms with Gasteiger partial charge in [-0.05, 0) is 17.7 Å². The second kappa shape index (κ2) is 5.96. The third-order valence-electron chi connectivity index (χ3n) is 3.68. The number of para-hydroxylation sites is 1. The Bertz CT molecular complexity index is 912. The van der Waals surface area contributed by atoms with Crippen LogP contribution < -0.4 is 5.63 Å². The molecule has 3 rings (SSSR count). The number of aromatic hydroxyl groups is 1. The molecular formula is C18H14O5. The van der Waals surface area contributed by atoms with Gasteiger partial charge in [-0.2, -0.15) is 0 Å². The zero-order valence-electron chi connectivity index (χ0n) is 12.4. The van der Waals surface area contributed by atoms with Crippen LogP contribution in [0.25, 0.3) is 11.0 Å². The molecular weight excluding hydrogens is 296 g/mol. The molecule has 1 N–H and O–H groups in total. The molecule has 5 nitrogen and oxygen atoms in total. The van der Waals surface area contributed by atoms with E-state index < -0.39 is 17.5 Å². The van der Waals surface area contributed by atoms with Crippen LogP contribution >= 0.6 is 0 Å². The van der Waals surface area contributed by atoms with Gasteiger partial charge in [-0.3, -0.25) is 4.79 Å². The topological polar surface area (TPSA) is 76.7 Å². The third-order valence-corrected chi connectivity index (χ3v) is 3.68. The lowest BCUT2D eigenvalue weighted by atomic mass is 9.91. The first-order chi connectivity index (χ1) is 11.1. The molecule has 0 fully saturated rings. The van der Waals surface area contributed by atoms with Crippen molar-refractivity contribution in [2.24, 2.45) is 0 Å². The fraction of sp³-hybridized carbons (Fsp3) is 0.111. The van der Waals surface area contributed by atoms with Gasteiger partial charge >= 0.3 is 11.6 Å². The quantitative estimate of drug-likeness (QED) is 0.594. The molecule has 0 aliphatic heterocycles. The Labute approximate surface area is 131 Å². The highest BCUT2D eigenvalue weighted by molar-refractivity contribution is 5.89. The molecule has 0 saturated carbocycles. The van der Waals surface area contributed by atoms with E-state index in [-0.39, 0.29) is 16.9 Å². The molecule has 23 heavy (non-hydrogen) atoms. The minimum atomic E-state index is -1.05. The van der Waals surface area contributed by atoms with Crippen molar-refractivity contribution in [3.05, 3.63) is 76.1 Å². The molecule has 1 atom stereocenters. The Balaban J connectivity index is 2.31. The predicted octanol–water partition coefficient (Wildman–Crippen LogP) is 2.80. The van der Waals surface area contributed by atoms with E-state index in [0.717, 1.165) is 0 Å². The summed E-state index contributed by atoms with van der Waals surface area (Å²) in [6.45, 7) is 0. The number of ether oxygens (including phenoxy) is 1. The number of hydrogen-bond acceptors (Lipinski definition) is 5. The Hall–Kier alpha value is -3.08. The molecule has 0 bridgehead atoms. The van der Waals surface area contributed by atoms with Crippen LogP contribution in [0.4, 0.5) is 0 Å². The van der Waals surface area contributed by atoms with E-state index >= 15 is 0 Å². The van der Waals surface area contributed by atoms with Crippen molar-refractivity contribution < 1.29 is 19.1 Å². The van der Waals surface area contributed by atoms with E-state index in [0.29, 0.717) is 10.9 Å². The van der Waals surface area contributed by atoms with Crippen molar-refractivity contribution >= 4 is 16.9 Å². The molecule has 0 aliphatic carbocycles. The normalized spacial score (nSPS) is 12.0. The predicted molar refractivity (Wildman–Crippen MR) is 84.4 cm³/mol. The molecule has 1 aromatic heterocycles. The van der Waals surface area contributed by atoms with Gasteiger partial charge in [0.1, 0.15) is 17.3 Å². The summed E-state index contributed by atoms with van der Waals surface area (Å²) < 4.78 is 10.1. The van der Waals surface area contributed by atoms with Gasteiger partial charge in [-0.25, -0.2) is 4.79 Å². The zero-order chi connectivity index (χ0) is 16.4. The van der Waals surface area contributed by atoms with Crippen LogP contribution in [0.3, 0.4) is 0 Å². The van der Waals surface area contributed by atoms with Gasteiger partial charge in [-0.15, -0.1) is 0 Å². The van der Waals surface area contributed by atoms with E-state index in [4.69, 9.17) is 9.15 Å². The number of esters is 1. The number of hydrogen-bond donors (Lipinski definition) is 1. The summed E-state index contributed by atoms with van der Waals surface area (Å²) in [6, 6.07) is 15.3. The van der Waals surface area contributed by atoms with Gasteiger partial charge in [0.05, 0.1) is 18.1 Å². The number of rotatable bonds is 3. The molecule has 5 heteroatoms. The van der Waals surface area contributed by atoms with Crippen LogP contribution in [0.5, 0.6) is 5.75 Å². The summed E-state index contributed by atoms with van der Waals surface area (Å²) >= 11 is 0. The monoisotopic (exact) mass is 310 g/mol. The lowest BCUT2D eigenvalue weighted by Crippen LogP contribution is -2.22. The van der Waals surface area contributed by atoms with E-state index in [1.54, 1.807) is 54.6 Å². The highest BCUT2D eigenvalue weighted by Gasteiger charge is 2.31. The van der Waals surface area contributed by atoms with Crippen LogP contribution in [0.1, 0.15) is 17.0 Å². The Morgan fingerprint density at radius 3 is 2.43 bits per heavy atom. The average molecular weight is 310 g/mol. The van der Waals surface area contributed by atoms with Gasteiger partial charge < -0.3 is 14.3 Å². The summed E-state index contributed by atoms with van der Waals surface area (Å²) in [4.78, 5) is 24.6. The fourth-order valence-corrected chi connectivity index (χ4v) is 2.59. The number of benzene rings is 2. The molecule has 2 aromatic carbocycles. The number of methoxy groups -OCH3 is 1. The number of carbonyl (C=O) groups excluding carboxylic acids is 1. The first-order valence-electron chi connectivity index (χ1n) is 7.01. The van der Waals surface area contributed by atoms with E-state index in [1.807, 2.05) is 0 Å². The lowest BCUT2D eigenvalue weighted by Gasteiger charge is -2.16. The zero-order valence-corrected chi connectivity index (χ0v) is 12.4. The largest absolute Gasteiger partial charge is 0.507 e. The maximum atomic E-state index is 12.4. The van der Waals surface area contributed by atoms with E-state index in [1.165, 1.54) is 7.11 Å². The number of fused-ring (bicyclic) bond motifs is 1. The minimum Gasteiger partial charge on any atom is -0.507 e. The maximum absolute atomic E-state index is 12.4. The van der Waals surface area contributed by atoms with Gasteiger partial charge in [0.25, 0.3) is 0 Å². The SMILES string of the molecule is COC(=O)C(c1ccccc1)c1c(O)c2ccccc2oc1=O. The number of carbonyl (C=O) groups is 1. The molecule has 0 radical (unpaired) electrons. The Kier molecular flexibility index (Phi) is 3.85. The van der Waals surface area contributed by atoms with E-state index in [9.17, 15) is 14.7 Å². The summed E-state index contributed by atoms with van der Waals surface area (Å²) in [5.74, 6) is -1.97. The van der Waals surface area contributed by atoms with Crippen LogP contribution in [0.15, 0.2) is 63.8 Å². The lowest BCUT2D eigenvalue weighted by molar-refractivity contribution is -0.141. The van der Waals surface area contributed by atoms with E-state index in [2.05, 4.69) is 0 Å². The first kappa shape index (κ1) is 14.8. The van der Waals surface area contributed by atoms with Crippen molar-refractivity contribution in [2.75, 3.05) is 7.11 Å². The third kappa shape index (κ3) is 2.57. The molecule has 0 amide bonds. The van der Waals surface area contributed by atoms with Gasteiger partial charge in [-0.1, -0.05) is 42.5 Å². The first-order valence-corrected chi connectivity index (χ1v) is 7.01. The van der Waals surface area contributed by atoms with Gasteiger partial charge in [0.15, 0.2) is 0 Å². The van der Waals surface area contributed by atoms with Crippen LogP contribution in [-0.4, -0.2) is 18.2 Å². The van der Waals surface area contributed by atoms with Crippen molar-refractivity contribution in [3.63, 3.8) is 0 Å². The Morgan fingerprint density at radius 2 is 1.74 bits per heavy atom. The van der Waals surface area contributed by atoms with Crippen molar-refractivity contribution in [1.82, 2.24) is 0 Å².